The molecule has 0 atom stereocenters. The maximum atomic E-state index is 5.06. The fourth-order valence-corrected chi connectivity index (χ4v) is 0.937. The van der Waals surface area contributed by atoms with Crippen LogP contribution in [0.3, 0.4) is 0 Å². The van der Waals surface area contributed by atoms with Crippen LogP contribution in [-0.2, 0) is 0 Å². The van der Waals surface area contributed by atoms with Crippen LogP contribution in [0.1, 0.15) is 8.35 Å². The normalized spacial score (nSPS) is 8.50. The van der Waals surface area contributed by atoms with E-state index < -0.39 is 0 Å². The molecule has 0 amide bonds. The Bertz CT molecular complexity index is 233. The molecule has 2 nitrogen and oxygen atoms in total. The number of nitrogens with one attached hydrogen (secondary N) is 1. The van der Waals surface area contributed by atoms with Crippen LogP contribution in [0.4, 0.5) is 5.69 Å². The van der Waals surface area contributed by atoms with Gasteiger partial charge in [-0.3, -0.25) is 0 Å². The minimum absolute atomic E-state index is 0. The van der Waals surface area contributed by atoms with Crippen LogP contribution in [0.5, 0.6) is 5.75 Å². The Balaban J connectivity index is 0. The van der Waals surface area contributed by atoms with Gasteiger partial charge in [-0.15, -0.1) is 0 Å². The van der Waals surface area contributed by atoms with Gasteiger partial charge >= 0.3 is 29.6 Å². The third-order valence-corrected chi connectivity index (χ3v) is 1.45. The van der Waals surface area contributed by atoms with Gasteiger partial charge in [0.2, 0.25) is 0 Å². The van der Waals surface area contributed by atoms with Crippen LogP contribution in [-0.4, -0.2) is 13.7 Å². The maximum Gasteiger partial charge on any atom is 1.00 e. The molecule has 0 bridgehead atoms. The average Bonchev–Trinajstić information content (AvgIpc) is 2.06. The Kier molecular flexibility index (Phi) is 6.25. The van der Waals surface area contributed by atoms with Gasteiger partial charge in [-0.2, -0.15) is 0 Å². The summed E-state index contributed by atoms with van der Waals surface area (Å²) < 4.78 is 5.06. The fourth-order valence-electron chi connectivity index (χ4n) is 0.937. The molecule has 1 aromatic rings. The monoisotopic (exact) mass is 175 g/mol. The molecular weight excluding hydrogens is 161 g/mol. The summed E-state index contributed by atoms with van der Waals surface area (Å²) in [5.74, 6) is 0.892. The SMILES string of the molecule is CCNc1cccc(OC)c1.[H-].[Na+]. The molecule has 0 heterocycles. The average molecular weight is 175 g/mol. The quantitative estimate of drug-likeness (QED) is 0.610. The van der Waals surface area contributed by atoms with E-state index in [9.17, 15) is 0 Å². The van der Waals surface area contributed by atoms with Gasteiger partial charge in [-0.25, -0.2) is 0 Å². The van der Waals surface area contributed by atoms with Gasteiger partial charge in [0.05, 0.1) is 7.11 Å². The van der Waals surface area contributed by atoms with E-state index >= 15 is 0 Å². The van der Waals surface area contributed by atoms with Gasteiger partial charge in [-0.1, -0.05) is 6.07 Å². The first-order valence-electron chi connectivity index (χ1n) is 3.74. The van der Waals surface area contributed by atoms with Crippen molar-refractivity contribution in [1.82, 2.24) is 0 Å². The molecule has 0 unspecified atom stereocenters. The van der Waals surface area contributed by atoms with Gasteiger partial charge in [0.1, 0.15) is 5.75 Å². The second-order valence-corrected chi connectivity index (χ2v) is 2.26. The number of methoxy groups -OCH3 is 1. The van der Waals surface area contributed by atoms with Crippen molar-refractivity contribution < 1.29 is 35.7 Å². The molecule has 0 aliphatic heterocycles. The molecule has 0 aliphatic carbocycles. The smallest absolute Gasteiger partial charge is 1.00 e. The van der Waals surface area contributed by atoms with Crippen LogP contribution >= 0.6 is 0 Å². The summed E-state index contributed by atoms with van der Waals surface area (Å²) in [6, 6.07) is 7.90. The molecule has 62 valence electrons. The Labute approximate surface area is 97.1 Å². The second kappa shape index (κ2) is 6.35. The van der Waals surface area contributed by atoms with Crippen molar-refractivity contribution in [2.24, 2.45) is 0 Å². The van der Waals surface area contributed by atoms with Gasteiger partial charge in [0.25, 0.3) is 0 Å². The zero-order valence-electron chi connectivity index (χ0n) is 8.92. The third kappa shape index (κ3) is 3.48. The van der Waals surface area contributed by atoms with Gasteiger partial charge in [-0.05, 0) is 19.1 Å². The molecule has 0 spiro atoms. The fraction of sp³-hybridized carbons (Fsp3) is 0.333. The minimum Gasteiger partial charge on any atom is -1.00 e. The molecule has 1 aromatic carbocycles. The third-order valence-electron chi connectivity index (χ3n) is 1.45. The molecule has 0 fully saturated rings. The van der Waals surface area contributed by atoms with Crippen molar-refractivity contribution in [3.8, 4) is 5.75 Å². The van der Waals surface area contributed by atoms with E-state index in [-0.39, 0.29) is 31.0 Å². The predicted octanol–water partition coefficient (Wildman–Crippen LogP) is -0.756. The molecular formula is C9H14NNaO. The summed E-state index contributed by atoms with van der Waals surface area (Å²) in [4.78, 5) is 0. The van der Waals surface area contributed by atoms with E-state index in [2.05, 4.69) is 12.2 Å². The van der Waals surface area contributed by atoms with Crippen LogP contribution in [0.2, 0.25) is 0 Å². The van der Waals surface area contributed by atoms with Crippen molar-refractivity contribution in [3.63, 3.8) is 0 Å². The molecule has 0 saturated heterocycles. The molecule has 0 radical (unpaired) electrons. The first-order chi connectivity index (χ1) is 5.36. The first-order valence-corrected chi connectivity index (χ1v) is 3.74. The van der Waals surface area contributed by atoms with Gasteiger partial charge in [0.15, 0.2) is 0 Å². The summed E-state index contributed by atoms with van der Waals surface area (Å²) in [6.07, 6.45) is 0. The number of ether oxygens (including phenoxy) is 1. The summed E-state index contributed by atoms with van der Waals surface area (Å²) in [5, 5.41) is 3.20. The summed E-state index contributed by atoms with van der Waals surface area (Å²) in [5.41, 5.74) is 1.10. The molecule has 3 heteroatoms. The standard InChI is InChI=1S/C9H13NO.Na.H/c1-3-10-8-5-4-6-9(7-8)11-2;;/h4-7,10H,3H2,1-2H3;;/q;+1;-1. The van der Waals surface area contributed by atoms with E-state index in [1.165, 1.54) is 0 Å². The Hall–Kier alpha value is -0.180. The number of rotatable bonds is 3. The van der Waals surface area contributed by atoms with Crippen molar-refractivity contribution >= 4 is 5.69 Å². The number of hydrogen-bond donors (Lipinski definition) is 1. The number of hydrogen-bond acceptors (Lipinski definition) is 2. The number of benzene rings is 1. The van der Waals surface area contributed by atoms with Crippen molar-refractivity contribution in [1.29, 1.82) is 0 Å². The second-order valence-electron chi connectivity index (χ2n) is 2.26. The molecule has 1 rings (SSSR count). The van der Waals surface area contributed by atoms with Crippen LogP contribution in [0, 0.1) is 0 Å². The first kappa shape index (κ1) is 11.8. The Morgan fingerprint density at radius 2 is 2.25 bits per heavy atom. The van der Waals surface area contributed by atoms with Gasteiger partial charge < -0.3 is 11.5 Å². The van der Waals surface area contributed by atoms with Crippen LogP contribution < -0.4 is 39.6 Å². The molecule has 0 aliphatic rings. The largest absolute Gasteiger partial charge is 1.00 e. The van der Waals surface area contributed by atoms with E-state index in [0.29, 0.717) is 0 Å². The minimum atomic E-state index is 0. The van der Waals surface area contributed by atoms with Crippen molar-refractivity contribution in [2.45, 2.75) is 6.92 Å². The van der Waals surface area contributed by atoms with Gasteiger partial charge in [0, 0.05) is 18.3 Å². The summed E-state index contributed by atoms with van der Waals surface area (Å²) in [7, 11) is 1.67. The van der Waals surface area contributed by atoms with Crippen LogP contribution in [0.15, 0.2) is 24.3 Å². The molecule has 12 heavy (non-hydrogen) atoms. The molecule has 0 saturated carbocycles. The Morgan fingerprint density at radius 1 is 1.50 bits per heavy atom. The van der Waals surface area contributed by atoms with E-state index in [4.69, 9.17) is 4.74 Å². The predicted molar refractivity (Wildman–Crippen MR) is 48.3 cm³/mol. The van der Waals surface area contributed by atoms with Crippen molar-refractivity contribution in [2.75, 3.05) is 19.0 Å². The number of anilines is 1. The summed E-state index contributed by atoms with van der Waals surface area (Å²) >= 11 is 0. The zero-order chi connectivity index (χ0) is 8.10. The zero-order valence-corrected chi connectivity index (χ0v) is 9.92. The van der Waals surface area contributed by atoms with E-state index in [1.807, 2.05) is 24.3 Å². The molecule has 0 aromatic heterocycles. The van der Waals surface area contributed by atoms with Crippen molar-refractivity contribution in [3.05, 3.63) is 24.3 Å². The van der Waals surface area contributed by atoms with E-state index in [0.717, 1.165) is 18.0 Å². The maximum absolute atomic E-state index is 5.06. The van der Waals surface area contributed by atoms with Crippen LogP contribution in [0.25, 0.3) is 0 Å². The van der Waals surface area contributed by atoms with E-state index in [1.54, 1.807) is 7.11 Å². The Morgan fingerprint density at radius 3 is 2.83 bits per heavy atom. The topological polar surface area (TPSA) is 21.3 Å². The summed E-state index contributed by atoms with van der Waals surface area (Å²) in [6.45, 7) is 3.01. The molecule has 1 N–H and O–H groups in total.